The van der Waals surface area contributed by atoms with E-state index in [1.165, 1.54) is 30.4 Å². The molecule has 0 aromatic heterocycles. The first kappa shape index (κ1) is 11.7. The molecule has 88 valence electrons. The van der Waals surface area contributed by atoms with E-state index in [9.17, 15) is 0 Å². The molecule has 0 aliphatic heterocycles. The number of rotatable bonds is 2. The molecule has 0 bridgehead atoms. The van der Waals surface area contributed by atoms with E-state index < -0.39 is 0 Å². The zero-order valence-corrected chi connectivity index (χ0v) is 10.6. The minimum absolute atomic E-state index is 0.407. The first-order valence-corrected chi connectivity index (χ1v) is 6.17. The first-order valence-electron chi connectivity index (χ1n) is 5.80. The molecule has 0 saturated heterocycles. The molecular weight excluding hydrogens is 222 g/mol. The number of benzene rings is 1. The van der Waals surface area contributed by atoms with Gasteiger partial charge in [-0.3, -0.25) is 0 Å². The van der Waals surface area contributed by atoms with Gasteiger partial charge in [0.2, 0.25) is 0 Å². The van der Waals surface area contributed by atoms with Crippen molar-refractivity contribution in [2.45, 2.75) is 31.7 Å². The van der Waals surface area contributed by atoms with Gasteiger partial charge < -0.3 is 10.1 Å². The fourth-order valence-electron chi connectivity index (χ4n) is 2.43. The van der Waals surface area contributed by atoms with Crippen LogP contribution in [0, 0.1) is 0 Å². The van der Waals surface area contributed by atoms with Crippen LogP contribution in [-0.2, 0) is 6.42 Å². The molecule has 0 spiro atoms. The largest absolute Gasteiger partial charge is 0.497 e. The second-order valence-corrected chi connectivity index (χ2v) is 4.67. The van der Waals surface area contributed by atoms with Crippen molar-refractivity contribution < 1.29 is 4.74 Å². The van der Waals surface area contributed by atoms with Crippen LogP contribution in [0.25, 0.3) is 0 Å². The highest BCUT2D eigenvalue weighted by Crippen LogP contribution is 2.35. The first-order chi connectivity index (χ1) is 7.76. The molecule has 0 heterocycles. The van der Waals surface area contributed by atoms with Crippen LogP contribution in [0.15, 0.2) is 12.1 Å². The predicted octanol–water partition coefficient (Wildman–Crippen LogP) is 3.34. The quantitative estimate of drug-likeness (QED) is 0.800. The monoisotopic (exact) mass is 239 g/mol. The maximum absolute atomic E-state index is 6.31. The lowest BCUT2D eigenvalue weighted by atomic mass is 9.98. The molecule has 2 rings (SSSR count). The third-order valence-corrected chi connectivity index (χ3v) is 3.67. The molecule has 3 heteroatoms. The third kappa shape index (κ3) is 2.18. The Kier molecular flexibility index (Phi) is 3.72. The Balaban J connectivity index is 2.49. The maximum Gasteiger partial charge on any atom is 0.120 e. The molecule has 16 heavy (non-hydrogen) atoms. The van der Waals surface area contributed by atoms with Crippen molar-refractivity contribution >= 4 is 11.6 Å². The van der Waals surface area contributed by atoms with E-state index in [1.54, 1.807) is 7.11 Å². The highest BCUT2D eigenvalue weighted by atomic mass is 35.5. The van der Waals surface area contributed by atoms with E-state index in [0.717, 1.165) is 17.2 Å². The number of fused-ring (bicyclic) bond motifs is 1. The number of halogens is 1. The summed E-state index contributed by atoms with van der Waals surface area (Å²) in [7, 11) is 3.69. The van der Waals surface area contributed by atoms with Crippen molar-refractivity contribution in [1.29, 1.82) is 0 Å². The Labute approximate surface area is 102 Å². The van der Waals surface area contributed by atoms with Crippen molar-refractivity contribution in [3.63, 3.8) is 0 Å². The minimum atomic E-state index is 0.407. The minimum Gasteiger partial charge on any atom is -0.497 e. The van der Waals surface area contributed by atoms with Crippen LogP contribution in [0.4, 0.5) is 0 Å². The lowest BCUT2D eigenvalue weighted by Crippen LogP contribution is -2.16. The van der Waals surface area contributed by atoms with Gasteiger partial charge in [-0.15, -0.1) is 0 Å². The summed E-state index contributed by atoms with van der Waals surface area (Å²) in [6.07, 6.45) is 4.72. The van der Waals surface area contributed by atoms with Gasteiger partial charge in [0.15, 0.2) is 0 Å². The molecule has 1 N–H and O–H groups in total. The number of nitrogens with one attached hydrogen (secondary N) is 1. The fourth-order valence-corrected chi connectivity index (χ4v) is 2.74. The van der Waals surface area contributed by atoms with Gasteiger partial charge in [0.25, 0.3) is 0 Å². The van der Waals surface area contributed by atoms with Crippen LogP contribution in [0.5, 0.6) is 5.75 Å². The van der Waals surface area contributed by atoms with Crippen LogP contribution in [0.3, 0.4) is 0 Å². The van der Waals surface area contributed by atoms with Gasteiger partial charge in [0.1, 0.15) is 5.75 Å². The Morgan fingerprint density at radius 1 is 1.38 bits per heavy atom. The van der Waals surface area contributed by atoms with Gasteiger partial charge in [0.05, 0.1) is 7.11 Å². The molecule has 0 fully saturated rings. The zero-order chi connectivity index (χ0) is 11.5. The molecule has 1 unspecified atom stereocenters. The summed E-state index contributed by atoms with van der Waals surface area (Å²) >= 11 is 6.31. The topological polar surface area (TPSA) is 21.3 Å². The molecular formula is C13H18ClNO. The zero-order valence-electron chi connectivity index (χ0n) is 9.85. The number of hydrogen-bond acceptors (Lipinski definition) is 2. The Morgan fingerprint density at radius 3 is 2.88 bits per heavy atom. The van der Waals surface area contributed by atoms with Gasteiger partial charge in [-0.25, -0.2) is 0 Å². The van der Waals surface area contributed by atoms with E-state index in [0.29, 0.717) is 6.04 Å². The number of methoxy groups -OCH3 is 1. The summed E-state index contributed by atoms with van der Waals surface area (Å²) in [5.41, 5.74) is 2.60. The molecule has 0 saturated carbocycles. The summed E-state index contributed by atoms with van der Waals surface area (Å²) < 4.78 is 5.28. The molecule has 0 amide bonds. The van der Waals surface area contributed by atoms with Crippen LogP contribution < -0.4 is 10.1 Å². The highest BCUT2D eigenvalue weighted by Gasteiger charge is 2.20. The third-order valence-electron chi connectivity index (χ3n) is 3.33. The Hall–Kier alpha value is -0.730. The molecule has 1 aromatic rings. The predicted molar refractivity (Wildman–Crippen MR) is 67.4 cm³/mol. The summed E-state index contributed by atoms with van der Waals surface area (Å²) in [6.45, 7) is 0. The lowest BCUT2D eigenvalue weighted by molar-refractivity contribution is 0.413. The summed E-state index contributed by atoms with van der Waals surface area (Å²) in [4.78, 5) is 0. The molecule has 1 aliphatic rings. The van der Waals surface area contributed by atoms with Crippen LogP contribution in [0.1, 0.15) is 36.4 Å². The molecule has 2 nitrogen and oxygen atoms in total. The van der Waals surface area contributed by atoms with E-state index in [1.807, 2.05) is 13.1 Å². The SMILES string of the molecule is CNC1CCCCc2c(Cl)cc(OC)cc21. The summed E-state index contributed by atoms with van der Waals surface area (Å²) in [5, 5.41) is 4.21. The summed E-state index contributed by atoms with van der Waals surface area (Å²) in [6, 6.07) is 4.44. The normalized spacial score (nSPS) is 20.1. The van der Waals surface area contributed by atoms with E-state index in [2.05, 4.69) is 11.4 Å². The standard InChI is InChI=1S/C13H18ClNO/c1-15-13-6-4-3-5-10-11(13)7-9(16-2)8-12(10)14/h7-8,13,15H,3-6H2,1-2H3. The van der Waals surface area contributed by atoms with Crippen molar-refractivity contribution in [2.24, 2.45) is 0 Å². The van der Waals surface area contributed by atoms with Crippen molar-refractivity contribution in [3.8, 4) is 5.75 Å². The second-order valence-electron chi connectivity index (χ2n) is 4.26. The second kappa shape index (κ2) is 5.07. The van der Waals surface area contributed by atoms with Crippen molar-refractivity contribution in [2.75, 3.05) is 14.2 Å². The maximum atomic E-state index is 6.31. The highest BCUT2D eigenvalue weighted by molar-refractivity contribution is 6.31. The van der Waals surface area contributed by atoms with Gasteiger partial charge in [0, 0.05) is 11.1 Å². The average Bonchev–Trinajstić information content (AvgIpc) is 2.51. The van der Waals surface area contributed by atoms with Gasteiger partial charge in [-0.05, 0) is 49.6 Å². The van der Waals surface area contributed by atoms with Gasteiger partial charge >= 0.3 is 0 Å². The Morgan fingerprint density at radius 2 is 2.19 bits per heavy atom. The van der Waals surface area contributed by atoms with Gasteiger partial charge in [-0.2, -0.15) is 0 Å². The van der Waals surface area contributed by atoms with Crippen molar-refractivity contribution in [3.05, 3.63) is 28.3 Å². The molecule has 1 aromatic carbocycles. The number of ether oxygens (including phenoxy) is 1. The lowest BCUT2D eigenvalue weighted by Gasteiger charge is -2.18. The fraction of sp³-hybridized carbons (Fsp3) is 0.538. The molecule has 1 atom stereocenters. The average molecular weight is 240 g/mol. The smallest absolute Gasteiger partial charge is 0.120 e. The van der Waals surface area contributed by atoms with E-state index in [4.69, 9.17) is 16.3 Å². The molecule has 1 aliphatic carbocycles. The molecule has 0 radical (unpaired) electrons. The summed E-state index contributed by atoms with van der Waals surface area (Å²) in [5.74, 6) is 0.853. The van der Waals surface area contributed by atoms with Crippen LogP contribution in [0.2, 0.25) is 5.02 Å². The van der Waals surface area contributed by atoms with Crippen LogP contribution >= 0.6 is 11.6 Å². The van der Waals surface area contributed by atoms with Crippen molar-refractivity contribution in [1.82, 2.24) is 5.32 Å². The van der Waals surface area contributed by atoms with E-state index in [-0.39, 0.29) is 0 Å². The number of hydrogen-bond donors (Lipinski definition) is 1. The Bertz CT molecular complexity index is 378. The van der Waals surface area contributed by atoms with Gasteiger partial charge in [-0.1, -0.05) is 18.0 Å². The van der Waals surface area contributed by atoms with Crippen LogP contribution in [-0.4, -0.2) is 14.2 Å². The van der Waals surface area contributed by atoms with E-state index >= 15 is 0 Å².